The van der Waals surface area contributed by atoms with E-state index in [0.717, 1.165) is 17.1 Å². The molecule has 0 saturated heterocycles. The van der Waals surface area contributed by atoms with E-state index < -0.39 is 0 Å². The fourth-order valence-electron chi connectivity index (χ4n) is 5.52. The first kappa shape index (κ1) is 23.0. The van der Waals surface area contributed by atoms with Gasteiger partial charge in [-0.3, -0.25) is 0 Å². The maximum Gasteiger partial charge on any atom is 0.0540 e. The SMILES string of the molecule is c1ccc(-c2ccc(N(c3ccc4ccccc4c3)c3ccc(-c4ccccc4)c4ccccc34)cc2)cc1. The van der Waals surface area contributed by atoms with Crippen molar-refractivity contribution in [2.24, 2.45) is 0 Å². The topological polar surface area (TPSA) is 3.24 Å². The van der Waals surface area contributed by atoms with Gasteiger partial charge in [-0.2, -0.15) is 0 Å². The van der Waals surface area contributed by atoms with Gasteiger partial charge in [0.1, 0.15) is 0 Å². The van der Waals surface area contributed by atoms with Gasteiger partial charge in [0.2, 0.25) is 0 Å². The molecule has 0 aliphatic carbocycles. The Balaban J connectivity index is 1.43. The Morgan fingerprint density at radius 1 is 0.333 bits per heavy atom. The Kier molecular flexibility index (Phi) is 5.88. The van der Waals surface area contributed by atoms with Crippen LogP contribution in [0.1, 0.15) is 0 Å². The van der Waals surface area contributed by atoms with E-state index in [1.54, 1.807) is 0 Å². The normalized spacial score (nSPS) is 11.1. The number of hydrogen-bond acceptors (Lipinski definition) is 1. The Morgan fingerprint density at radius 2 is 0.897 bits per heavy atom. The van der Waals surface area contributed by atoms with Gasteiger partial charge in [-0.05, 0) is 68.7 Å². The highest BCUT2D eigenvalue weighted by molar-refractivity contribution is 6.06. The van der Waals surface area contributed by atoms with E-state index in [4.69, 9.17) is 0 Å². The molecule has 0 aliphatic rings. The average molecular weight is 498 g/mol. The van der Waals surface area contributed by atoms with Crippen LogP contribution in [0.2, 0.25) is 0 Å². The van der Waals surface area contributed by atoms with Crippen LogP contribution < -0.4 is 4.90 Å². The lowest BCUT2D eigenvalue weighted by molar-refractivity contribution is 1.30. The standard InChI is InChI=1S/C38H27N/c1-3-11-28(12-4-1)30-19-22-33(23-20-30)39(34-24-21-29-13-7-8-16-32(29)27-34)38-26-25-35(31-14-5-2-6-15-31)36-17-9-10-18-37(36)38/h1-27H. The molecular formula is C38H27N. The summed E-state index contributed by atoms with van der Waals surface area (Å²) in [4.78, 5) is 2.39. The van der Waals surface area contributed by atoms with Crippen LogP contribution in [0.4, 0.5) is 17.1 Å². The highest BCUT2D eigenvalue weighted by Gasteiger charge is 2.17. The minimum absolute atomic E-state index is 1.13. The molecule has 0 radical (unpaired) electrons. The second-order valence-electron chi connectivity index (χ2n) is 9.82. The Morgan fingerprint density at radius 3 is 1.64 bits per heavy atom. The van der Waals surface area contributed by atoms with E-state index in [1.807, 2.05) is 0 Å². The Hall–Kier alpha value is -5.14. The zero-order valence-electron chi connectivity index (χ0n) is 21.5. The number of fused-ring (bicyclic) bond motifs is 2. The summed E-state index contributed by atoms with van der Waals surface area (Å²) in [7, 11) is 0. The number of benzene rings is 7. The lowest BCUT2D eigenvalue weighted by Gasteiger charge is -2.28. The van der Waals surface area contributed by atoms with Crippen LogP contribution in [0, 0.1) is 0 Å². The molecule has 39 heavy (non-hydrogen) atoms. The second-order valence-corrected chi connectivity index (χ2v) is 9.82. The molecule has 0 atom stereocenters. The van der Waals surface area contributed by atoms with Gasteiger partial charge in [-0.15, -0.1) is 0 Å². The van der Waals surface area contributed by atoms with Gasteiger partial charge in [-0.25, -0.2) is 0 Å². The summed E-state index contributed by atoms with van der Waals surface area (Å²) < 4.78 is 0. The number of rotatable bonds is 5. The predicted molar refractivity (Wildman–Crippen MR) is 167 cm³/mol. The van der Waals surface area contributed by atoms with E-state index in [-0.39, 0.29) is 0 Å². The highest BCUT2D eigenvalue weighted by Crippen LogP contribution is 2.42. The van der Waals surface area contributed by atoms with Crippen molar-refractivity contribution in [1.82, 2.24) is 0 Å². The third-order valence-electron chi connectivity index (χ3n) is 7.45. The monoisotopic (exact) mass is 497 g/mol. The predicted octanol–water partition coefficient (Wildman–Crippen LogP) is 10.8. The average Bonchev–Trinajstić information content (AvgIpc) is 3.02. The molecule has 0 heterocycles. The molecule has 0 N–H and O–H groups in total. The van der Waals surface area contributed by atoms with Crippen molar-refractivity contribution in [3.8, 4) is 22.3 Å². The molecule has 0 amide bonds. The summed E-state index contributed by atoms with van der Waals surface area (Å²) in [6.45, 7) is 0. The summed E-state index contributed by atoms with van der Waals surface area (Å²) >= 11 is 0. The lowest BCUT2D eigenvalue weighted by atomic mass is 9.96. The minimum atomic E-state index is 1.13. The largest absolute Gasteiger partial charge is 0.310 e. The van der Waals surface area contributed by atoms with Crippen molar-refractivity contribution in [3.05, 3.63) is 164 Å². The van der Waals surface area contributed by atoms with Gasteiger partial charge in [0.05, 0.1) is 5.69 Å². The summed E-state index contributed by atoms with van der Waals surface area (Å²) in [6, 6.07) is 58.7. The van der Waals surface area contributed by atoms with Crippen LogP contribution in [-0.4, -0.2) is 0 Å². The molecule has 0 aliphatic heterocycles. The van der Waals surface area contributed by atoms with Crippen LogP contribution in [0.3, 0.4) is 0 Å². The smallest absolute Gasteiger partial charge is 0.0540 e. The maximum atomic E-state index is 2.39. The zero-order valence-corrected chi connectivity index (χ0v) is 21.5. The maximum absolute atomic E-state index is 2.39. The minimum Gasteiger partial charge on any atom is -0.310 e. The van der Waals surface area contributed by atoms with Gasteiger partial charge < -0.3 is 4.90 Å². The summed E-state index contributed by atoms with van der Waals surface area (Å²) in [5, 5.41) is 4.93. The van der Waals surface area contributed by atoms with Crippen molar-refractivity contribution in [2.75, 3.05) is 4.90 Å². The number of hydrogen-bond donors (Lipinski definition) is 0. The van der Waals surface area contributed by atoms with E-state index >= 15 is 0 Å². The van der Waals surface area contributed by atoms with Crippen molar-refractivity contribution in [1.29, 1.82) is 0 Å². The fraction of sp³-hybridized carbons (Fsp3) is 0. The molecule has 1 heteroatoms. The van der Waals surface area contributed by atoms with Gasteiger partial charge in [0, 0.05) is 16.8 Å². The van der Waals surface area contributed by atoms with Crippen LogP contribution in [0.5, 0.6) is 0 Å². The molecule has 0 spiro atoms. The number of anilines is 3. The quantitative estimate of drug-likeness (QED) is 0.229. The first-order valence-corrected chi connectivity index (χ1v) is 13.4. The third kappa shape index (κ3) is 4.35. The molecule has 7 rings (SSSR count). The van der Waals surface area contributed by atoms with Crippen LogP contribution in [0.25, 0.3) is 43.8 Å². The molecule has 0 saturated carbocycles. The van der Waals surface area contributed by atoms with Gasteiger partial charge >= 0.3 is 0 Å². The van der Waals surface area contributed by atoms with Crippen molar-refractivity contribution >= 4 is 38.6 Å². The van der Waals surface area contributed by atoms with Gasteiger partial charge in [0.25, 0.3) is 0 Å². The Bertz CT molecular complexity index is 1890. The van der Waals surface area contributed by atoms with E-state index in [2.05, 4.69) is 169 Å². The number of nitrogens with zero attached hydrogens (tertiary/aromatic N) is 1. The summed E-state index contributed by atoms with van der Waals surface area (Å²) in [6.07, 6.45) is 0. The van der Waals surface area contributed by atoms with Crippen LogP contribution >= 0.6 is 0 Å². The molecule has 0 bridgehead atoms. The van der Waals surface area contributed by atoms with E-state index in [1.165, 1.54) is 43.8 Å². The molecule has 7 aromatic rings. The highest BCUT2D eigenvalue weighted by atomic mass is 15.1. The molecule has 7 aromatic carbocycles. The zero-order chi connectivity index (χ0) is 26.0. The second kappa shape index (κ2) is 9.96. The molecule has 0 fully saturated rings. The van der Waals surface area contributed by atoms with Crippen LogP contribution in [-0.2, 0) is 0 Å². The van der Waals surface area contributed by atoms with Crippen molar-refractivity contribution in [3.63, 3.8) is 0 Å². The fourth-order valence-corrected chi connectivity index (χ4v) is 5.52. The molecule has 184 valence electrons. The summed E-state index contributed by atoms with van der Waals surface area (Å²) in [5.41, 5.74) is 8.33. The van der Waals surface area contributed by atoms with Gasteiger partial charge in [0.15, 0.2) is 0 Å². The Labute approximate surface area is 229 Å². The lowest BCUT2D eigenvalue weighted by Crippen LogP contribution is -2.10. The molecule has 1 nitrogen and oxygen atoms in total. The molecule has 0 aromatic heterocycles. The van der Waals surface area contributed by atoms with Crippen LogP contribution in [0.15, 0.2) is 164 Å². The van der Waals surface area contributed by atoms with E-state index in [0.29, 0.717) is 0 Å². The first-order valence-electron chi connectivity index (χ1n) is 13.4. The third-order valence-corrected chi connectivity index (χ3v) is 7.45. The first-order chi connectivity index (χ1) is 19.3. The molecule has 0 unspecified atom stereocenters. The summed E-state index contributed by atoms with van der Waals surface area (Å²) in [5.74, 6) is 0. The van der Waals surface area contributed by atoms with Gasteiger partial charge in [-0.1, -0.05) is 133 Å². The molecular weight excluding hydrogens is 470 g/mol. The van der Waals surface area contributed by atoms with E-state index in [9.17, 15) is 0 Å². The van der Waals surface area contributed by atoms with Crippen molar-refractivity contribution in [2.45, 2.75) is 0 Å². The van der Waals surface area contributed by atoms with Crippen molar-refractivity contribution < 1.29 is 0 Å².